The Kier molecular flexibility index (Phi) is 7.19. The minimum Gasteiger partial charge on any atom is -0.324 e. The zero-order chi connectivity index (χ0) is 26.7. The Balaban J connectivity index is 1.53. The molecule has 0 aliphatic carbocycles. The van der Waals surface area contributed by atoms with E-state index in [2.05, 4.69) is 20.6 Å². The van der Waals surface area contributed by atoms with Crippen LogP contribution in [0.5, 0.6) is 0 Å². The van der Waals surface area contributed by atoms with E-state index >= 15 is 0 Å². The molecule has 2 aromatic heterocycles. The number of aromatic nitrogens is 2. The number of hydrogen-bond donors (Lipinski definition) is 2. The predicted molar refractivity (Wildman–Crippen MR) is 143 cm³/mol. The molecule has 0 saturated carbocycles. The Hall–Kier alpha value is -4.12. The predicted octanol–water partition coefficient (Wildman–Crippen LogP) is 4.14. The SMILES string of the molecule is O=C(Nc1ccccn1)c1cccc(S(=O)(=O)N2Cc3ccc(Cl)cc3NC(=O)C2Cc2ccccn2)c1. The van der Waals surface area contributed by atoms with Crippen molar-refractivity contribution in [2.45, 2.75) is 23.9 Å². The average Bonchev–Trinajstić information content (AvgIpc) is 3.06. The number of carbonyl (C=O) groups excluding carboxylic acids is 2. The largest absolute Gasteiger partial charge is 0.324 e. The van der Waals surface area contributed by atoms with Crippen molar-refractivity contribution in [3.8, 4) is 0 Å². The summed E-state index contributed by atoms with van der Waals surface area (Å²) in [6, 6.07) is 19.8. The zero-order valence-corrected chi connectivity index (χ0v) is 21.5. The Morgan fingerprint density at radius 3 is 2.53 bits per heavy atom. The summed E-state index contributed by atoms with van der Waals surface area (Å²) in [4.78, 5) is 34.5. The Morgan fingerprint density at radius 1 is 1.00 bits per heavy atom. The second kappa shape index (κ2) is 10.7. The standard InChI is InChI=1S/C27H22ClN5O4S/c28-20-11-10-19-17-33(24(27(35)31-23(19)15-20)16-21-7-1-3-12-29-21)38(36,37)22-8-5-6-18(14-22)26(34)32-25-9-2-4-13-30-25/h1-15,24H,16-17H2,(H,31,35)(H,30,32,34). The van der Waals surface area contributed by atoms with Crippen molar-refractivity contribution >= 4 is 44.9 Å². The molecule has 11 heteroatoms. The number of amides is 2. The third-order valence-corrected chi connectivity index (χ3v) is 8.13. The number of rotatable bonds is 6. The number of benzene rings is 2. The molecule has 0 saturated heterocycles. The molecule has 0 bridgehead atoms. The van der Waals surface area contributed by atoms with Crippen molar-refractivity contribution in [3.63, 3.8) is 0 Å². The first-order valence-electron chi connectivity index (χ1n) is 11.6. The summed E-state index contributed by atoms with van der Waals surface area (Å²) < 4.78 is 29.2. The van der Waals surface area contributed by atoms with E-state index in [1.165, 1.54) is 30.5 Å². The number of carbonyl (C=O) groups is 2. The lowest BCUT2D eigenvalue weighted by Crippen LogP contribution is -2.46. The van der Waals surface area contributed by atoms with Gasteiger partial charge in [0.1, 0.15) is 11.9 Å². The van der Waals surface area contributed by atoms with Crippen LogP contribution >= 0.6 is 11.6 Å². The number of anilines is 2. The number of halogens is 1. The molecule has 38 heavy (non-hydrogen) atoms. The summed E-state index contributed by atoms with van der Waals surface area (Å²) in [6.07, 6.45) is 3.17. The fraction of sp³-hybridized carbons (Fsp3) is 0.111. The monoisotopic (exact) mass is 547 g/mol. The van der Waals surface area contributed by atoms with Gasteiger partial charge in [0.15, 0.2) is 0 Å². The Morgan fingerprint density at radius 2 is 1.79 bits per heavy atom. The maximum Gasteiger partial charge on any atom is 0.256 e. The van der Waals surface area contributed by atoms with Crippen LogP contribution < -0.4 is 10.6 Å². The first kappa shape index (κ1) is 25.5. The minimum atomic E-state index is -4.25. The first-order chi connectivity index (χ1) is 18.3. The quantitative estimate of drug-likeness (QED) is 0.374. The molecule has 5 rings (SSSR count). The number of pyridine rings is 2. The van der Waals surface area contributed by atoms with E-state index in [-0.39, 0.29) is 23.4 Å². The lowest BCUT2D eigenvalue weighted by atomic mass is 10.1. The zero-order valence-electron chi connectivity index (χ0n) is 19.9. The van der Waals surface area contributed by atoms with Crippen molar-refractivity contribution in [2.75, 3.05) is 10.6 Å². The fourth-order valence-electron chi connectivity index (χ4n) is 4.15. The van der Waals surface area contributed by atoms with Crippen molar-refractivity contribution in [3.05, 3.63) is 113 Å². The molecule has 192 valence electrons. The van der Waals surface area contributed by atoms with Gasteiger partial charge in [-0.2, -0.15) is 4.31 Å². The van der Waals surface area contributed by atoms with Gasteiger partial charge < -0.3 is 10.6 Å². The van der Waals surface area contributed by atoms with Gasteiger partial charge in [0, 0.05) is 47.3 Å². The minimum absolute atomic E-state index is 0.0491. The van der Waals surface area contributed by atoms with Gasteiger partial charge in [-0.3, -0.25) is 14.6 Å². The van der Waals surface area contributed by atoms with Crippen molar-refractivity contribution in [1.29, 1.82) is 0 Å². The van der Waals surface area contributed by atoms with Crippen LogP contribution in [0.25, 0.3) is 0 Å². The summed E-state index contributed by atoms with van der Waals surface area (Å²) in [5, 5.41) is 5.88. The van der Waals surface area contributed by atoms with Gasteiger partial charge in [0.25, 0.3) is 5.91 Å². The van der Waals surface area contributed by atoms with Gasteiger partial charge in [0.2, 0.25) is 15.9 Å². The number of fused-ring (bicyclic) bond motifs is 1. The van der Waals surface area contributed by atoms with Gasteiger partial charge >= 0.3 is 0 Å². The summed E-state index contributed by atoms with van der Waals surface area (Å²) in [7, 11) is -4.25. The molecule has 3 heterocycles. The molecule has 9 nitrogen and oxygen atoms in total. The van der Waals surface area contributed by atoms with Gasteiger partial charge in [-0.1, -0.05) is 35.9 Å². The third kappa shape index (κ3) is 5.42. The van der Waals surface area contributed by atoms with Crippen molar-refractivity contribution in [1.82, 2.24) is 14.3 Å². The first-order valence-corrected chi connectivity index (χ1v) is 13.5. The van der Waals surface area contributed by atoms with E-state index in [1.54, 1.807) is 60.8 Å². The van der Waals surface area contributed by atoms with Gasteiger partial charge in [0.05, 0.1) is 4.90 Å². The molecule has 0 spiro atoms. The smallest absolute Gasteiger partial charge is 0.256 e. The van der Waals surface area contributed by atoms with E-state index in [4.69, 9.17) is 11.6 Å². The number of sulfonamides is 1. The van der Waals surface area contributed by atoms with E-state index in [1.807, 2.05) is 0 Å². The molecular weight excluding hydrogens is 526 g/mol. The third-order valence-electron chi connectivity index (χ3n) is 6.04. The Bertz CT molecular complexity index is 1600. The number of nitrogens with one attached hydrogen (secondary N) is 2. The summed E-state index contributed by atoms with van der Waals surface area (Å²) >= 11 is 6.14. The highest BCUT2D eigenvalue weighted by molar-refractivity contribution is 7.89. The molecule has 1 aliphatic heterocycles. The van der Waals surface area contributed by atoms with Crippen LogP contribution in [-0.2, 0) is 27.8 Å². The molecule has 1 atom stereocenters. The molecule has 2 N–H and O–H groups in total. The molecule has 2 amide bonds. The average molecular weight is 548 g/mol. The second-order valence-electron chi connectivity index (χ2n) is 8.58. The van der Waals surface area contributed by atoms with Crippen LogP contribution in [0.4, 0.5) is 11.5 Å². The molecule has 1 aliphatic rings. The van der Waals surface area contributed by atoms with Crippen LogP contribution in [0.1, 0.15) is 21.6 Å². The van der Waals surface area contributed by atoms with Crippen LogP contribution in [0.15, 0.2) is 96.2 Å². The van der Waals surface area contributed by atoms with E-state index < -0.39 is 27.9 Å². The maximum absolute atomic E-state index is 14.1. The molecule has 0 fully saturated rings. The highest BCUT2D eigenvalue weighted by atomic mass is 35.5. The van der Waals surface area contributed by atoms with E-state index in [9.17, 15) is 18.0 Å². The molecule has 1 unspecified atom stereocenters. The van der Waals surface area contributed by atoms with Crippen molar-refractivity contribution < 1.29 is 18.0 Å². The lowest BCUT2D eigenvalue weighted by molar-refractivity contribution is -0.119. The number of hydrogen-bond acceptors (Lipinski definition) is 6. The van der Waals surface area contributed by atoms with Gasteiger partial charge in [-0.25, -0.2) is 13.4 Å². The fourth-order valence-corrected chi connectivity index (χ4v) is 5.93. The van der Waals surface area contributed by atoms with Crippen LogP contribution in [0.3, 0.4) is 0 Å². The molecular formula is C27H22ClN5O4S. The van der Waals surface area contributed by atoms with Crippen LogP contribution in [0.2, 0.25) is 5.02 Å². The highest BCUT2D eigenvalue weighted by Gasteiger charge is 2.39. The molecule has 4 aromatic rings. The van der Waals surface area contributed by atoms with Crippen molar-refractivity contribution in [2.24, 2.45) is 0 Å². The summed E-state index contributed by atoms with van der Waals surface area (Å²) in [6.45, 7) is -0.0879. The molecule has 0 radical (unpaired) electrons. The summed E-state index contributed by atoms with van der Waals surface area (Å²) in [5.74, 6) is -0.690. The number of nitrogens with zero attached hydrogens (tertiary/aromatic N) is 3. The van der Waals surface area contributed by atoms with Gasteiger partial charge in [-0.05, 0) is 60.2 Å². The molecule has 2 aromatic carbocycles. The van der Waals surface area contributed by atoms with E-state index in [0.29, 0.717) is 27.8 Å². The normalized spacial score (nSPS) is 15.7. The van der Waals surface area contributed by atoms with Crippen LogP contribution in [-0.4, -0.2) is 40.5 Å². The van der Waals surface area contributed by atoms with Gasteiger partial charge in [-0.15, -0.1) is 0 Å². The second-order valence-corrected chi connectivity index (χ2v) is 10.9. The van der Waals surface area contributed by atoms with E-state index in [0.717, 1.165) is 4.31 Å². The maximum atomic E-state index is 14.1. The Labute approximate surface area is 224 Å². The van der Waals surface area contributed by atoms with Crippen LogP contribution in [0, 0.1) is 0 Å². The highest BCUT2D eigenvalue weighted by Crippen LogP contribution is 2.31. The lowest BCUT2D eigenvalue weighted by Gasteiger charge is -2.27. The topological polar surface area (TPSA) is 121 Å². The summed E-state index contributed by atoms with van der Waals surface area (Å²) in [5.41, 5.74) is 1.71.